The summed E-state index contributed by atoms with van der Waals surface area (Å²) in [5.41, 5.74) is 0.0523. The Morgan fingerprint density at radius 3 is 2.67 bits per heavy atom. The zero-order chi connectivity index (χ0) is 19.3. The summed E-state index contributed by atoms with van der Waals surface area (Å²) in [6, 6.07) is 3.77. The molecule has 0 bridgehead atoms. The molecule has 2 aliphatic heterocycles. The number of piperidine rings is 1. The minimum atomic E-state index is -0.959. The Morgan fingerprint density at radius 2 is 2.00 bits per heavy atom. The van der Waals surface area contributed by atoms with E-state index in [1.807, 2.05) is 4.90 Å². The zero-order valence-electron chi connectivity index (χ0n) is 14.8. The molecule has 8 heteroatoms. The quantitative estimate of drug-likeness (QED) is 0.873. The summed E-state index contributed by atoms with van der Waals surface area (Å²) in [6.07, 6.45) is 2.45. The van der Waals surface area contributed by atoms with E-state index in [1.165, 1.54) is 12.3 Å². The molecule has 2 aromatic rings. The van der Waals surface area contributed by atoms with Crippen LogP contribution >= 0.6 is 0 Å². The van der Waals surface area contributed by atoms with Crippen LogP contribution in [-0.2, 0) is 9.59 Å². The van der Waals surface area contributed by atoms with Crippen molar-refractivity contribution < 1.29 is 23.5 Å². The van der Waals surface area contributed by atoms with Gasteiger partial charge >= 0.3 is 5.97 Å². The third-order valence-corrected chi connectivity index (χ3v) is 6.08. The maximum Gasteiger partial charge on any atom is 0.309 e. The first-order valence-electron chi connectivity index (χ1n) is 8.82. The van der Waals surface area contributed by atoms with Gasteiger partial charge in [-0.05, 0) is 25.0 Å². The summed E-state index contributed by atoms with van der Waals surface area (Å²) in [5.74, 6) is -3.24. The summed E-state index contributed by atoms with van der Waals surface area (Å²) < 4.78 is 27.8. The minimum absolute atomic E-state index is 0.0143. The highest BCUT2D eigenvalue weighted by Crippen LogP contribution is 2.44. The van der Waals surface area contributed by atoms with Crippen molar-refractivity contribution in [3.05, 3.63) is 36.0 Å². The van der Waals surface area contributed by atoms with Gasteiger partial charge in [0.05, 0.1) is 11.5 Å². The molecule has 1 N–H and O–H groups in total. The molecule has 1 aromatic carbocycles. The lowest BCUT2D eigenvalue weighted by Gasteiger charge is -2.46. The van der Waals surface area contributed by atoms with Crippen molar-refractivity contribution in [2.75, 3.05) is 25.0 Å². The lowest BCUT2D eigenvalue weighted by molar-refractivity contribution is -0.145. The number of likely N-dealkylation sites (tertiary alicyclic amines) is 1. The lowest BCUT2D eigenvalue weighted by Crippen LogP contribution is -2.56. The van der Waals surface area contributed by atoms with Crippen LogP contribution in [-0.4, -0.2) is 52.5 Å². The van der Waals surface area contributed by atoms with Crippen LogP contribution in [0.25, 0.3) is 10.9 Å². The molecular formula is C19H19F2N3O3. The Kier molecular flexibility index (Phi) is 4.01. The van der Waals surface area contributed by atoms with Gasteiger partial charge in [-0.25, -0.2) is 8.78 Å². The molecule has 0 saturated carbocycles. The van der Waals surface area contributed by atoms with E-state index in [4.69, 9.17) is 0 Å². The van der Waals surface area contributed by atoms with Crippen molar-refractivity contribution in [2.24, 2.45) is 5.92 Å². The molecule has 1 amide bonds. The predicted molar refractivity (Wildman–Crippen MR) is 94.3 cm³/mol. The second-order valence-electron chi connectivity index (χ2n) is 7.25. The molecule has 27 heavy (non-hydrogen) atoms. The number of amides is 1. The number of carboxylic acids is 1. The van der Waals surface area contributed by atoms with Crippen LogP contribution in [0.3, 0.4) is 0 Å². The van der Waals surface area contributed by atoms with E-state index in [2.05, 4.69) is 4.98 Å². The monoisotopic (exact) mass is 375 g/mol. The minimum Gasteiger partial charge on any atom is -0.481 e. The number of hydrogen-bond acceptors (Lipinski definition) is 4. The normalized spacial score (nSPS) is 22.0. The Labute approximate surface area is 154 Å². The number of hydrogen-bond donors (Lipinski definition) is 1. The molecule has 1 atom stereocenters. The van der Waals surface area contributed by atoms with E-state index in [0.29, 0.717) is 37.0 Å². The van der Waals surface area contributed by atoms with Crippen LogP contribution in [0.5, 0.6) is 0 Å². The molecular weight excluding hydrogens is 356 g/mol. The van der Waals surface area contributed by atoms with Crippen molar-refractivity contribution in [3.8, 4) is 0 Å². The first kappa shape index (κ1) is 17.6. The molecule has 6 nitrogen and oxygen atoms in total. The topological polar surface area (TPSA) is 73.7 Å². The average Bonchev–Trinajstić information content (AvgIpc) is 2.87. The number of benzene rings is 1. The zero-order valence-corrected chi connectivity index (χ0v) is 14.8. The maximum absolute atomic E-state index is 14.0. The number of carboxylic acid groups (broad SMARTS) is 1. The predicted octanol–water partition coefficient (Wildman–Crippen LogP) is 2.41. The summed E-state index contributed by atoms with van der Waals surface area (Å²) in [5, 5.41) is 9.95. The molecule has 1 spiro atoms. The summed E-state index contributed by atoms with van der Waals surface area (Å²) >= 11 is 0. The van der Waals surface area contributed by atoms with Crippen LogP contribution in [0.2, 0.25) is 0 Å². The number of rotatable bonds is 2. The molecule has 2 saturated heterocycles. The van der Waals surface area contributed by atoms with E-state index >= 15 is 0 Å². The van der Waals surface area contributed by atoms with E-state index in [9.17, 15) is 23.5 Å². The molecule has 0 aliphatic carbocycles. The SMILES string of the molecule is CN1C(=O)C[C@@H](C(=O)O)C12CCN(c1ccnc3c(F)cc(F)cc13)CC2. The highest BCUT2D eigenvalue weighted by molar-refractivity contribution is 5.92. The largest absolute Gasteiger partial charge is 0.481 e. The fourth-order valence-corrected chi connectivity index (χ4v) is 4.56. The van der Waals surface area contributed by atoms with Crippen LogP contribution < -0.4 is 4.90 Å². The number of pyridine rings is 1. The number of halogens is 2. The van der Waals surface area contributed by atoms with Crippen molar-refractivity contribution in [1.82, 2.24) is 9.88 Å². The van der Waals surface area contributed by atoms with Gasteiger partial charge in [0.1, 0.15) is 11.3 Å². The van der Waals surface area contributed by atoms with Crippen LogP contribution in [0.1, 0.15) is 19.3 Å². The second-order valence-corrected chi connectivity index (χ2v) is 7.25. The molecule has 2 fully saturated rings. The maximum atomic E-state index is 14.0. The summed E-state index contributed by atoms with van der Waals surface area (Å²) in [7, 11) is 1.66. The van der Waals surface area contributed by atoms with E-state index < -0.39 is 29.1 Å². The van der Waals surface area contributed by atoms with Gasteiger partial charge in [-0.15, -0.1) is 0 Å². The number of aromatic nitrogens is 1. The first-order valence-corrected chi connectivity index (χ1v) is 8.82. The van der Waals surface area contributed by atoms with Gasteiger partial charge in [-0.2, -0.15) is 0 Å². The third-order valence-electron chi connectivity index (χ3n) is 6.08. The first-order chi connectivity index (χ1) is 12.8. The molecule has 0 unspecified atom stereocenters. The third kappa shape index (κ3) is 2.62. The van der Waals surface area contributed by atoms with Gasteiger partial charge in [0.25, 0.3) is 0 Å². The van der Waals surface area contributed by atoms with Crippen molar-refractivity contribution in [2.45, 2.75) is 24.8 Å². The summed E-state index contributed by atoms with van der Waals surface area (Å²) in [6.45, 7) is 0.970. The van der Waals surface area contributed by atoms with Gasteiger partial charge < -0.3 is 14.9 Å². The van der Waals surface area contributed by atoms with Crippen LogP contribution in [0, 0.1) is 17.6 Å². The number of nitrogens with zero attached hydrogens (tertiary/aromatic N) is 3. The smallest absolute Gasteiger partial charge is 0.309 e. The van der Waals surface area contributed by atoms with E-state index in [0.717, 1.165) is 6.07 Å². The van der Waals surface area contributed by atoms with Gasteiger partial charge in [0.15, 0.2) is 5.82 Å². The molecule has 2 aliphatic rings. The number of aliphatic carboxylic acids is 1. The Morgan fingerprint density at radius 1 is 1.30 bits per heavy atom. The number of fused-ring (bicyclic) bond motifs is 1. The highest BCUT2D eigenvalue weighted by Gasteiger charge is 2.55. The van der Waals surface area contributed by atoms with Crippen LogP contribution in [0.4, 0.5) is 14.5 Å². The fraction of sp³-hybridized carbons (Fsp3) is 0.421. The second kappa shape index (κ2) is 6.14. The Hall–Kier alpha value is -2.77. The number of carbonyl (C=O) groups excluding carboxylic acids is 1. The summed E-state index contributed by atoms with van der Waals surface area (Å²) in [4.78, 5) is 31.4. The van der Waals surface area contributed by atoms with E-state index in [-0.39, 0.29) is 17.8 Å². The van der Waals surface area contributed by atoms with Gasteiger partial charge in [-0.1, -0.05) is 0 Å². The number of carbonyl (C=O) groups is 2. The molecule has 4 rings (SSSR count). The van der Waals surface area contributed by atoms with Gasteiger partial charge in [0, 0.05) is 49.9 Å². The lowest BCUT2D eigenvalue weighted by atomic mass is 9.77. The highest BCUT2D eigenvalue weighted by atomic mass is 19.1. The standard InChI is InChI=1S/C19H19F2N3O3/c1-23-16(25)10-13(18(26)27)19(23)3-6-24(7-4-19)15-2-5-22-17-12(15)8-11(20)9-14(17)21/h2,5,8-9,13H,3-4,6-7,10H2,1H3,(H,26,27)/t13-/m0/s1. The molecule has 142 valence electrons. The molecule has 1 aromatic heterocycles. The average molecular weight is 375 g/mol. The van der Waals surface area contributed by atoms with Gasteiger partial charge in [0.2, 0.25) is 5.91 Å². The fourth-order valence-electron chi connectivity index (χ4n) is 4.56. The Balaban J connectivity index is 1.66. The van der Waals surface area contributed by atoms with Crippen molar-refractivity contribution >= 4 is 28.5 Å². The van der Waals surface area contributed by atoms with Crippen LogP contribution in [0.15, 0.2) is 24.4 Å². The van der Waals surface area contributed by atoms with Gasteiger partial charge in [-0.3, -0.25) is 14.6 Å². The van der Waals surface area contributed by atoms with Crippen molar-refractivity contribution in [1.29, 1.82) is 0 Å². The molecule has 0 radical (unpaired) electrons. The number of anilines is 1. The van der Waals surface area contributed by atoms with E-state index in [1.54, 1.807) is 18.0 Å². The van der Waals surface area contributed by atoms with Crippen molar-refractivity contribution in [3.63, 3.8) is 0 Å². The Bertz CT molecular complexity index is 941. The molecule has 3 heterocycles.